The van der Waals surface area contributed by atoms with E-state index in [4.69, 9.17) is 11.6 Å². The molecule has 1 aromatic carbocycles. The minimum atomic E-state index is -3.62. The van der Waals surface area contributed by atoms with Gasteiger partial charge in [-0.05, 0) is 32.4 Å². The molecule has 0 radical (unpaired) electrons. The van der Waals surface area contributed by atoms with Gasteiger partial charge in [0.25, 0.3) is 0 Å². The fourth-order valence-corrected chi connectivity index (χ4v) is 4.27. The zero-order valence-corrected chi connectivity index (χ0v) is 17.0. The summed E-state index contributed by atoms with van der Waals surface area (Å²) in [5.74, 6) is -0.281. The fourth-order valence-electron chi connectivity index (χ4n) is 2.72. The van der Waals surface area contributed by atoms with Crippen molar-refractivity contribution in [2.75, 3.05) is 14.1 Å². The van der Waals surface area contributed by atoms with Gasteiger partial charge in [-0.2, -0.15) is 5.10 Å². The second-order valence-corrected chi connectivity index (χ2v) is 8.75. The first kappa shape index (κ1) is 20.4. The fraction of sp³-hybridized carbons (Fsp3) is 0.412. The van der Waals surface area contributed by atoms with Gasteiger partial charge in [-0.3, -0.25) is 9.48 Å². The lowest BCUT2D eigenvalue weighted by atomic mass is 10.1. The van der Waals surface area contributed by atoms with E-state index in [1.807, 2.05) is 25.1 Å². The van der Waals surface area contributed by atoms with Crippen LogP contribution in [0, 0.1) is 13.8 Å². The SMILES string of the molecule is Cc1nn(CC(=O)N[C@H](C)c2ccccc2Cl)c(C)c1S(=O)(=O)N(C)C. The average Bonchev–Trinajstić information content (AvgIpc) is 2.81. The molecule has 142 valence electrons. The highest BCUT2D eigenvalue weighted by molar-refractivity contribution is 7.89. The minimum absolute atomic E-state index is 0.0790. The van der Waals surface area contributed by atoms with E-state index in [-0.39, 0.29) is 23.4 Å². The van der Waals surface area contributed by atoms with Crippen molar-refractivity contribution in [3.8, 4) is 0 Å². The number of halogens is 1. The van der Waals surface area contributed by atoms with Crippen molar-refractivity contribution >= 4 is 27.5 Å². The molecule has 2 aromatic rings. The molecule has 2 rings (SSSR count). The van der Waals surface area contributed by atoms with E-state index < -0.39 is 10.0 Å². The Bertz CT molecular complexity index is 922. The normalized spacial score (nSPS) is 13.0. The second kappa shape index (κ2) is 7.77. The Balaban J connectivity index is 2.19. The minimum Gasteiger partial charge on any atom is -0.348 e. The van der Waals surface area contributed by atoms with Crippen molar-refractivity contribution in [2.24, 2.45) is 0 Å². The third kappa shape index (κ3) is 4.08. The largest absolute Gasteiger partial charge is 0.348 e. The van der Waals surface area contributed by atoms with Crippen LogP contribution >= 0.6 is 11.6 Å². The van der Waals surface area contributed by atoms with Gasteiger partial charge in [0, 0.05) is 19.1 Å². The van der Waals surface area contributed by atoms with Crippen LogP contribution in [0.15, 0.2) is 29.2 Å². The van der Waals surface area contributed by atoms with Gasteiger partial charge >= 0.3 is 0 Å². The van der Waals surface area contributed by atoms with Crippen LogP contribution in [0.1, 0.15) is 29.9 Å². The van der Waals surface area contributed by atoms with Crippen molar-refractivity contribution in [2.45, 2.75) is 38.3 Å². The third-order valence-electron chi connectivity index (χ3n) is 4.10. The van der Waals surface area contributed by atoms with Crippen LogP contribution in [0.3, 0.4) is 0 Å². The quantitative estimate of drug-likeness (QED) is 0.809. The molecule has 0 fully saturated rings. The lowest BCUT2D eigenvalue weighted by molar-refractivity contribution is -0.122. The summed E-state index contributed by atoms with van der Waals surface area (Å²) in [5.41, 5.74) is 1.60. The first-order valence-corrected chi connectivity index (χ1v) is 9.87. The van der Waals surface area contributed by atoms with E-state index in [1.54, 1.807) is 19.9 Å². The number of hydrogen-bond acceptors (Lipinski definition) is 4. The summed E-state index contributed by atoms with van der Waals surface area (Å²) >= 11 is 6.15. The summed E-state index contributed by atoms with van der Waals surface area (Å²) in [6.45, 7) is 5.01. The van der Waals surface area contributed by atoms with Gasteiger partial charge in [0.2, 0.25) is 15.9 Å². The molecular weight excluding hydrogens is 376 g/mol. The van der Waals surface area contributed by atoms with E-state index >= 15 is 0 Å². The molecule has 1 amide bonds. The van der Waals surface area contributed by atoms with Crippen LogP contribution in [0.2, 0.25) is 5.02 Å². The number of nitrogens with zero attached hydrogens (tertiary/aromatic N) is 3. The number of sulfonamides is 1. The maximum Gasteiger partial charge on any atom is 0.246 e. The van der Waals surface area contributed by atoms with Crippen molar-refractivity contribution in [1.29, 1.82) is 0 Å². The Kier molecular flexibility index (Phi) is 6.10. The van der Waals surface area contributed by atoms with Crippen LogP contribution in [0.5, 0.6) is 0 Å². The Morgan fingerprint density at radius 2 is 1.92 bits per heavy atom. The summed E-state index contributed by atoms with van der Waals surface area (Å²) < 4.78 is 27.4. The highest BCUT2D eigenvalue weighted by Crippen LogP contribution is 2.23. The summed E-state index contributed by atoms with van der Waals surface area (Å²) in [5, 5.41) is 7.65. The van der Waals surface area contributed by atoms with Crippen LogP contribution in [0.4, 0.5) is 0 Å². The number of aromatic nitrogens is 2. The van der Waals surface area contributed by atoms with Gasteiger partial charge in [0.15, 0.2) is 0 Å². The smallest absolute Gasteiger partial charge is 0.246 e. The predicted octanol–water partition coefficient (Wildman–Crippen LogP) is 2.28. The Hall–Kier alpha value is -1.90. The zero-order valence-electron chi connectivity index (χ0n) is 15.4. The summed E-state index contributed by atoms with van der Waals surface area (Å²) in [6.07, 6.45) is 0. The Morgan fingerprint density at radius 3 is 2.50 bits per heavy atom. The van der Waals surface area contributed by atoms with E-state index in [0.29, 0.717) is 16.4 Å². The van der Waals surface area contributed by atoms with Gasteiger partial charge in [-0.15, -0.1) is 0 Å². The average molecular weight is 399 g/mol. The molecule has 1 heterocycles. The van der Waals surface area contributed by atoms with Gasteiger partial charge in [0.05, 0.1) is 17.4 Å². The highest BCUT2D eigenvalue weighted by Gasteiger charge is 2.27. The van der Waals surface area contributed by atoms with E-state index in [2.05, 4.69) is 10.4 Å². The molecule has 0 aliphatic carbocycles. The maximum absolute atomic E-state index is 12.4. The van der Waals surface area contributed by atoms with Gasteiger partial charge < -0.3 is 5.32 Å². The Labute approximate surface area is 159 Å². The number of aryl methyl sites for hydroxylation is 1. The molecular formula is C17H23ClN4O3S. The molecule has 0 bridgehead atoms. The molecule has 0 spiro atoms. The van der Waals surface area contributed by atoms with Crippen LogP contribution in [-0.2, 0) is 21.4 Å². The summed E-state index contributed by atoms with van der Waals surface area (Å²) in [4.78, 5) is 12.5. The van der Waals surface area contributed by atoms with Gasteiger partial charge in [-0.1, -0.05) is 29.8 Å². The molecule has 0 aliphatic rings. The standard InChI is InChI=1S/C17H23ClN4O3S/c1-11(14-8-6-7-9-15(14)18)19-16(23)10-22-13(3)17(12(2)20-22)26(24,25)21(4)5/h6-9,11H,10H2,1-5H3,(H,19,23)/t11-/m1/s1. The highest BCUT2D eigenvalue weighted by atomic mass is 35.5. The van der Waals surface area contributed by atoms with Crippen molar-refractivity contribution in [1.82, 2.24) is 19.4 Å². The lowest BCUT2D eigenvalue weighted by Crippen LogP contribution is -2.31. The molecule has 1 aromatic heterocycles. The number of rotatable bonds is 6. The van der Waals surface area contributed by atoms with E-state index in [1.165, 1.54) is 18.8 Å². The topological polar surface area (TPSA) is 84.3 Å². The first-order chi connectivity index (χ1) is 12.1. The van der Waals surface area contributed by atoms with Gasteiger partial charge in [0.1, 0.15) is 11.4 Å². The lowest BCUT2D eigenvalue weighted by Gasteiger charge is -2.16. The van der Waals surface area contributed by atoms with Crippen LogP contribution < -0.4 is 5.32 Å². The number of benzene rings is 1. The number of carbonyl (C=O) groups is 1. The number of amides is 1. The molecule has 0 aliphatic heterocycles. The summed E-state index contributed by atoms with van der Waals surface area (Å²) in [7, 11) is -0.700. The van der Waals surface area contributed by atoms with E-state index in [0.717, 1.165) is 9.87 Å². The van der Waals surface area contributed by atoms with Crippen molar-refractivity contribution in [3.63, 3.8) is 0 Å². The number of hydrogen-bond donors (Lipinski definition) is 1. The molecule has 7 nitrogen and oxygen atoms in total. The van der Waals surface area contributed by atoms with Crippen molar-refractivity contribution < 1.29 is 13.2 Å². The zero-order chi connectivity index (χ0) is 19.6. The van der Waals surface area contributed by atoms with Crippen LogP contribution in [-0.4, -0.2) is 42.5 Å². The Morgan fingerprint density at radius 1 is 1.31 bits per heavy atom. The molecule has 9 heteroatoms. The molecule has 1 atom stereocenters. The monoisotopic (exact) mass is 398 g/mol. The second-order valence-electron chi connectivity index (χ2n) is 6.26. The number of nitrogens with one attached hydrogen (secondary N) is 1. The van der Waals surface area contributed by atoms with Crippen molar-refractivity contribution in [3.05, 3.63) is 46.2 Å². The number of carbonyl (C=O) groups excluding carboxylic acids is 1. The molecule has 0 saturated carbocycles. The van der Waals surface area contributed by atoms with Crippen LogP contribution in [0.25, 0.3) is 0 Å². The molecule has 26 heavy (non-hydrogen) atoms. The maximum atomic E-state index is 12.4. The van der Waals surface area contributed by atoms with E-state index in [9.17, 15) is 13.2 Å². The third-order valence-corrected chi connectivity index (χ3v) is 6.51. The molecule has 0 saturated heterocycles. The first-order valence-electron chi connectivity index (χ1n) is 8.06. The molecule has 1 N–H and O–H groups in total. The molecule has 0 unspecified atom stereocenters. The predicted molar refractivity (Wildman–Crippen MR) is 101 cm³/mol. The summed E-state index contributed by atoms with van der Waals surface area (Å²) in [6, 6.07) is 7.00. The van der Waals surface area contributed by atoms with Gasteiger partial charge in [-0.25, -0.2) is 12.7 Å².